The summed E-state index contributed by atoms with van der Waals surface area (Å²) in [5.74, 6) is -0.608. The van der Waals surface area contributed by atoms with Crippen LogP contribution in [0.15, 0.2) is 40.4 Å². The molecule has 0 bridgehead atoms. The van der Waals surface area contributed by atoms with Gasteiger partial charge in [0.1, 0.15) is 11.4 Å². The van der Waals surface area contributed by atoms with Crippen LogP contribution in [0.1, 0.15) is 17.3 Å². The van der Waals surface area contributed by atoms with Crippen LogP contribution < -0.4 is 18.9 Å². The van der Waals surface area contributed by atoms with Crippen LogP contribution in [-0.4, -0.2) is 43.1 Å². The zero-order valence-electron chi connectivity index (χ0n) is 15.0. The maximum Gasteiger partial charge on any atom is 0.257 e. The molecule has 1 N–H and O–H groups in total. The van der Waals surface area contributed by atoms with E-state index in [-0.39, 0.29) is 40.3 Å². The summed E-state index contributed by atoms with van der Waals surface area (Å²) in [6, 6.07) is 4.53. The van der Waals surface area contributed by atoms with E-state index in [0.29, 0.717) is 0 Å². The van der Waals surface area contributed by atoms with Gasteiger partial charge in [0.15, 0.2) is 5.75 Å². The molecule has 2 rings (SSSR count). The first-order valence-corrected chi connectivity index (χ1v) is 8.78. The van der Waals surface area contributed by atoms with E-state index in [4.69, 9.17) is 0 Å². The standard InChI is InChI=1S/C18H20IN3O4/c1-6-10(2)22(19)14-13(16(24)17(14)25)21(5)12-9-7-8-11(15(12)23)18(26)20(3)4/h6-10,23H,1H2,2-5H3. The second kappa shape index (κ2) is 7.48. The molecule has 0 saturated heterocycles. The molecule has 0 aromatic heterocycles. The van der Waals surface area contributed by atoms with Gasteiger partial charge in [-0.2, -0.15) is 0 Å². The Kier molecular flexibility index (Phi) is 5.74. The quantitative estimate of drug-likeness (QED) is 0.303. The van der Waals surface area contributed by atoms with Crippen LogP contribution in [0.25, 0.3) is 0 Å². The van der Waals surface area contributed by atoms with E-state index in [9.17, 15) is 19.5 Å². The average Bonchev–Trinajstić information content (AvgIpc) is 2.62. The van der Waals surface area contributed by atoms with Gasteiger partial charge in [0.2, 0.25) is 0 Å². The SMILES string of the molecule is C=CC(C)N(I)c1c(N(C)c2cccc(C(=O)N(C)C)c2O)c(=O)c1=O. The molecule has 1 unspecified atom stereocenters. The van der Waals surface area contributed by atoms with Crippen LogP contribution in [-0.2, 0) is 0 Å². The van der Waals surface area contributed by atoms with Crippen LogP contribution >= 0.6 is 22.9 Å². The highest BCUT2D eigenvalue weighted by molar-refractivity contribution is 14.1. The molecule has 0 radical (unpaired) electrons. The number of amides is 1. The van der Waals surface area contributed by atoms with E-state index in [1.54, 1.807) is 42.5 Å². The normalized spacial score (nSPS) is 11.9. The summed E-state index contributed by atoms with van der Waals surface area (Å²) < 4.78 is 1.63. The number of carbonyl (C=O) groups is 1. The molecule has 0 aliphatic carbocycles. The second-order valence-electron chi connectivity index (χ2n) is 6.07. The molecule has 0 aliphatic heterocycles. The molecular formula is C18H20IN3O4. The van der Waals surface area contributed by atoms with Gasteiger partial charge in [-0.15, -0.1) is 6.58 Å². The van der Waals surface area contributed by atoms with E-state index in [1.165, 1.54) is 15.9 Å². The first-order valence-electron chi connectivity index (χ1n) is 7.81. The van der Waals surface area contributed by atoms with Crippen molar-refractivity contribution in [2.75, 3.05) is 29.2 Å². The first-order chi connectivity index (χ1) is 12.1. The number of carbonyl (C=O) groups excluding carboxylic acids is 1. The van der Waals surface area contributed by atoms with Crippen LogP contribution in [0.3, 0.4) is 0 Å². The van der Waals surface area contributed by atoms with Crippen molar-refractivity contribution in [2.24, 2.45) is 0 Å². The number of nitrogens with zero attached hydrogens (tertiary/aromatic N) is 3. The van der Waals surface area contributed by atoms with E-state index in [0.717, 1.165) is 0 Å². The molecule has 138 valence electrons. The topological polar surface area (TPSA) is 81.2 Å². The molecule has 1 atom stereocenters. The van der Waals surface area contributed by atoms with Gasteiger partial charge < -0.3 is 18.0 Å². The van der Waals surface area contributed by atoms with Crippen molar-refractivity contribution in [2.45, 2.75) is 13.0 Å². The highest BCUT2D eigenvalue weighted by atomic mass is 127. The maximum atomic E-state index is 12.2. The minimum Gasteiger partial charge on any atom is -0.505 e. The third kappa shape index (κ3) is 3.20. The molecule has 7 nitrogen and oxygen atoms in total. The van der Waals surface area contributed by atoms with Crippen LogP contribution in [0.5, 0.6) is 5.75 Å². The molecule has 0 aliphatic rings. The fourth-order valence-corrected chi connectivity index (χ4v) is 3.18. The molecule has 8 heteroatoms. The fourth-order valence-electron chi connectivity index (χ4n) is 2.51. The van der Waals surface area contributed by atoms with Crippen molar-refractivity contribution in [3.8, 4) is 5.75 Å². The number of halogens is 1. The highest BCUT2D eigenvalue weighted by Gasteiger charge is 2.31. The number of anilines is 3. The summed E-state index contributed by atoms with van der Waals surface area (Å²) in [5, 5.41) is 10.5. The molecule has 1 amide bonds. The van der Waals surface area contributed by atoms with Gasteiger partial charge in [-0.05, 0) is 19.1 Å². The highest BCUT2D eigenvalue weighted by Crippen LogP contribution is 2.38. The van der Waals surface area contributed by atoms with Crippen molar-refractivity contribution >= 4 is 45.8 Å². The molecule has 2 aromatic carbocycles. The van der Waals surface area contributed by atoms with Gasteiger partial charge in [-0.25, -0.2) is 0 Å². The Hall–Kier alpha value is -2.36. The van der Waals surface area contributed by atoms with Crippen molar-refractivity contribution in [1.29, 1.82) is 0 Å². The summed E-state index contributed by atoms with van der Waals surface area (Å²) in [5.41, 5.74) is -0.427. The second-order valence-corrected chi connectivity index (χ2v) is 7.11. The summed E-state index contributed by atoms with van der Waals surface area (Å²) >= 11 is 1.95. The average molecular weight is 469 g/mol. The lowest BCUT2D eigenvalue weighted by atomic mass is 10.1. The van der Waals surface area contributed by atoms with Crippen LogP contribution in [0, 0.1) is 0 Å². The van der Waals surface area contributed by atoms with E-state index < -0.39 is 10.9 Å². The number of phenolic OH excluding ortho intramolecular Hbond substituents is 1. The smallest absolute Gasteiger partial charge is 0.257 e. The van der Waals surface area contributed by atoms with Gasteiger partial charge in [-0.3, -0.25) is 14.4 Å². The lowest BCUT2D eigenvalue weighted by Gasteiger charge is -2.30. The van der Waals surface area contributed by atoms with E-state index >= 15 is 0 Å². The van der Waals surface area contributed by atoms with Gasteiger partial charge in [0.25, 0.3) is 16.8 Å². The Morgan fingerprint density at radius 2 is 1.77 bits per heavy atom. The minimum atomic E-state index is -0.635. The number of para-hydroxylation sites is 1. The third-order valence-electron chi connectivity index (χ3n) is 4.12. The Labute approximate surface area is 165 Å². The lowest BCUT2D eigenvalue weighted by Crippen LogP contribution is -2.43. The first kappa shape index (κ1) is 20.0. The molecule has 0 saturated carbocycles. The summed E-state index contributed by atoms with van der Waals surface area (Å²) in [4.78, 5) is 39.2. The van der Waals surface area contributed by atoms with Crippen LogP contribution in [0.4, 0.5) is 17.1 Å². The number of hydrogen-bond acceptors (Lipinski definition) is 6. The number of hydrogen-bond donors (Lipinski definition) is 1. The van der Waals surface area contributed by atoms with Gasteiger partial charge in [0.05, 0.1) is 40.2 Å². The summed E-state index contributed by atoms with van der Waals surface area (Å²) in [6.07, 6.45) is 1.65. The molecule has 0 fully saturated rings. The minimum absolute atomic E-state index is 0.116. The molecule has 26 heavy (non-hydrogen) atoms. The monoisotopic (exact) mass is 469 g/mol. The molecule has 2 aromatic rings. The van der Waals surface area contributed by atoms with Gasteiger partial charge in [-0.1, -0.05) is 12.1 Å². The van der Waals surface area contributed by atoms with Crippen LogP contribution in [0.2, 0.25) is 0 Å². The Morgan fingerprint density at radius 1 is 1.19 bits per heavy atom. The fraction of sp³-hybridized carbons (Fsp3) is 0.278. The zero-order chi connectivity index (χ0) is 19.8. The lowest BCUT2D eigenvalue weighted by molar-refractivity contribution is 0.0824. The largest absolute Gasteiger partial charge is 0.505 e. The Balaban J connectivity index is 2.54. The van der Waals surface area contributed by atoms with Crippen molar-refractivity contribution < 1.29 is 9.90 Å². The molecule has 0 spiro atoms. The predicted octanol–water partition coefficient (Wildman–Crippen LogP) is 2.19. The van der Waals surface area contributed by atoms with Gasteiger partial charge >= 0.3 is 0 Å². The number of benzene rings is 1. The third-order valence-corrected chi connectivity index (χ3v) is 5.48. The number of phenols is 1. The van der Waals surface area contributed by atoms with E-state index in [1.807, 2.05) is 29.8 Å². The predicted molar refractivity (Wildman–Crippen MR) is 112 cm³/mol. The molecule has 0 heterocycles. The van der Waals surface area contributed by atoms with Crippen molar-refractivity contribution in [1.82, 2.24) is 4.90 Å². The number of rotatable bonds is 6. The Bertz CT molecular complexity index is 931. The summed E-state index contributed by atoms with van der Waals surface area (Å²) in [7, 11) is 4.73. The zero-order valence-corrected chi connectivity index (χ0v) is 17.1. The van der Waals surface area contributed by atoms with Crippen molar-refractivity contribution in [3.63, 3.8) is 0 Å². The molecular weight excluding hydrogens is 449 g/mol. The number of aromatic hydroxyl groups is 1. The van der Waals surface area contributed by atoms with E-state index in [2.05, 4.69) is 6.58 Å². The maximum absolute atomic E-state index is 12.2. The van der Waals surface area contributed by atoms with Crippen molar-refractivity contribution in [3.05, 3.63) is 56.9 Å². The van der Waals surface area contributed by atoms with Gasteiger partial charge in [0, 0.05) is 21.1 Å². The Morgan fingerprint density at radius 3 is 2.31 bits per heavy atom. The summed E-state index contributed by atoms with van der Waals surface area (Å²) in [6.45, 7) is 5.54.